The molecular formula is C24H30ClN3O4. The van der Waals surface area contributed by atoms with Gasteiger partial charge in [-0.25, -0.2) is 0 Å². The van der Waals surface area contributed by atoms with Crippen molar-refractivity contribution in [3.8, 4) is 0 Å². The molecule has 172 valence electrons. The van der Waals surface area contributed by atoms with Crippen LogP contribution >= 0.6 is 11.6 Å². The molecule has 0 bridgehead atoms. The summed E-state index contributed by atoms with van der Waals surface area (Å²) in [6.45, 7) is 4.07. The highest BCUT2D eigenvalue weighted by molar-refractivity contribution is 6.27. The monoisotopic (exact) mass is 459 g/mol. The first-order valence-electron chi connectivity index (χ1n) is 11.1. The predicted octanol–water partition coefficient (Wildman–Crippen LogP) is 3.87. The number of halogens is 1. The van der Waals surface area contributed by atoms with Gasteiger partial charge in [-0.1, -0.05) is 32.0 Å². The lowest BCUT2D eigenvalue weighted by Crippen LogP contribution is -2.51. The van der Waals surface area contributed by atoms with Crippen LogP contribution in [0.15, 0.2) is 30.3 Å². The van der Waals surface area contributed by atoms with Crippen LogP contribution in [0.1, 0.15) is 56.4 Å². The zero-order valence-electron chi connectivity index (χ0n) is 18.5. The molecule has 2 N–H and O–H groups in total. The maximum Gasteiger partial charge on any atom is 0.255 e. The Labute approximate surface area is 192 Å². The molecule has 32 heavy (non-hydrogen) atoms. The fourth-order valence-electron chi connectivity index (χ4n) is 4.22. The Morgan fingerprint density at radius 1 is 1.25 bits per heavy atom. The van der Waals surface area contributed by atoms with E-state index in [0.29, 0.717) is 25.0 Å². The topological polar surface area (TPSA) is 99.3 Å². The Morgan fingerprint density at radius 3 is 2.62 bits per heavy atom. The van der Waals surface area contributed by atoms with Crippen molar-refractivity contribution in [3.63, 3.8) is 0 Å². The number of carbonyl (C=O) groups is 4. The fourth-order valence-corrected chi connectivity index (χ4v) is 4.36. The summed E-state index contributed by atoms with van der Waals surface area (Å²) in [5, 5.41) is 2.09. The molecule has 3 rings (SSSR count). The van der Waals surface area contributed by atoms with Crippen molar-refractivity contribution in [2.75, 3.05) is 12.4 Å². The molecule has 1 aromatic carbocycles. The van der Waals surface area contributed by atoms with Crippen LogP contribution in [-0.2, 0) is 14.4 Å². The van der Waals surface area contributed by atoms with Crippen molar-refractivity contribution >= 4 is 45.9 Å². The average Bonchev–Trinajstić information content (AvgIpc) is 3.37. The summed E-state index contributed by atoms with van der Waals surface area (Å²) in [7, 11) is 0. The molecule has 1 heterocycles. The molecule has 0 aliphatic heterocycles. The first kappa shape index (κ1) is 24.0. The third-order valence-corrected chi connectivity index (χ3v) is 6.11. The lowest BCUT2D eigenvalue weighted by atomic mass is 9.91. The van der Waals surface area contributed by atoms with Crippen molar-refractivity contribution in [2.24, 2.45) is 17.8 Å². The highest BCUT2D eigenvalue weighted by Crippen LogP contribution is 2.24. The number of aromatic nitrogens is 1. The van der Waals surface area contributed by atoms with Gasteiger partial charge >= 0.3 is 0 Å². The Balaban J connectivity index is 1.72. The molecule has 2 amide bonds. The van der Waals surface area contributed by atoms with Crippen LogP contribution in [-0.4, -0.2) is 45.8 Å². The van der Waals surface area contributed by atoms with Crippen molar-refractivity contribution < 1.29 is 19.2 Å². The molecule has 1 aliphatic rings. The number of ketones is 2. The number of benzene rings is 1. The molecule has 1 fully saturated rings. The molecule has 8 heteroatoms. The number of aromatic amines is 1. The van der Waals surface area contributed by atoms with Gasteiger partial charge in [0, 0.05) is 35.6 Å². The van der Waals surface area contributed by atoms with E-state index in [0.717, 1.165) is 22.3 Å². The lowest BCUT2D eigenvalue weighted by molar-refractivity contribution is -0.143. The number of Topliss-reactive ketones (excluding diaryl/α,β-unsaturated/α-hetero) is 2. The number of alkyl halides is 1. The van der Waals surface area contributed by atoms with Crippen LogP contribution in [0.3, 0.4) is 0 Å². The Hall–Kier alpha value is -2.67. The molecule has 0 saturated heterocycles. The molecular weight excluding hydrogens is 430 g/mol. The first-order valence-corrected chi connectivity index (χ1v) is 11.6. The number of hydrogen-bond donors (Lipinski definition) is 2. The number of nitrogens with one attached hydrogen (secondary N) is 2. The summed E-state index contributed by atoms with van der Waals surface area (Å²) in [6.07, 6.45) is 2.48. The van der Waals surface area contributed by atoms with E-state index >= 15 is 0 Å². The minimum atomic E-state index is -0.612. The summed E-state index contributed by atoms with van der Waals surface area (Å²) < 4.78 is 0. The van der Waals surface area contributed by atoms with Gasteiger partial charge in [0.25, 0.3) is 5.91 Å². The van der Waals surface area contributed by atoms with Gasteiger partial charge in [-0.3, -0.25) is 29.6 Å². The van der Waals surface area contributed by atoms with Crippen molar-refractivity contribution in [3.05, 3.63) is 36.0 Å². The zero-order valence-corrected chi connectivity index (χ0v) is 19.3. The largest absolute Gasteiger partial charge is 0.352 e. The summed E-state index contributed by atoms with van der Waals surface area (Å²) in [4.78, 5) is 53.5. The van der Waals surface area contributed by atoms with Gasteiger partial charge in [0.15, 0.2) is 5.78 Å². The van der Waals surface area contributed by atoms with Gasteiger partial charge < -0.3 is 4.98 Å². The van der Waals surface area contributed by atoms with E-state index in [1.807, 2.05) is 38.1 Å². The van der Waals surface area contributed by atoms with Crippen LogP contribution < -0.4 is 5.43 Å². The number of nitrogens with zero attached hydrogens (tertiary/aromatic N) is 1. The van der Waals surface area contributed by atoms with Gasteiger partial charge in [-0.2, -0.15) is 0 Å². The van der Waals surface area contributed by atoms with E-state index in [1.54, 1.807) is 6.07 Å². The average molecular weight is 460 g/mol. The number of hydrogen-bond acceptors (Lipinski definition) is 4. The van der Waals surface area contributed by atoms with E-state index in [2.05, 4.69) is 10.4 Å². The summed E-state index contributed by atoms with van der Waals surface area (Å²) in [5.41, 5.74) is 3.97. The van der Waals surface area contributed by atoms with Crippen LogP contribution in [0.25, 0.3) is 10.9 Å². The molecule has 1 saturated carbocycles. The summed E-state index contributed by atoms with van der Waals surface area (Å²) in [5.74, 6) is -1.98. The number of H-pyrrole nitrogens is 1. The molecule has 0 unspecified atom stereocenters. The molecule has 7 nitrogen and oxygen atoms in total. The van der Waals surface area contributed by atoms with E-state index in [1.165, 1.54) is 0 Å². The second-order valence-corrected chi connectivity index (χ2v) is 9.16. The maximum atomic E-state index is 13.1. The van der Waals surface area contributed by atoms with Crippen LogP contribution in [0.4, 0.5) is 0 Å². The fraction of sp³-hybridized carbons (Fsp3) is 0.500. The van der Waals surface area contributed by atoms with E-state index in [-0.39, 0.29) is 42.2 Å². The predicted molar refractivity (Wildman–Crippen MR) is 123 cm³/mol. The van der Waals surface area contributed by atoms with Crippen molar-refractivity contribution in [1.29, 1.82) is 0 Å². The normalized spacial score (nSPS) is 17.0. The quantitative estimate of drug-likeness (QED) is 0.337. The Bertz CT molecular complexity index is 967. The van der Waals surface area contributed by atoms with E-state index < -0.39 is 17.7 Å². The highest BCUT2D eigenvalue weighted by atomic mass is 35.5. The standard InChI is InChI=1S/C24H30ClN3O4/c1-15(2)10-18(12-22(30)20-11-16-6-3-4-8-19(16)26-20)24(32)27-28(23(31)13-25)14-17-7-5-9-21(17)29/h3-4,6,8,11,15,17-18,26H,5,7,9-10,12-14H2,1-2H3,(H,27,32)/t17-,18-/m1/s1. The van der Waals surface area contributed by atoms with E-state index in [9.17, 15) is 19.2 Å². The summed E-state index contributed by atoms with van der Waals surface area (Å²) in [6, 6.07) is 9.39. The maximum absolute atomic E-state index is 13.1. The van der Waals surface area contributed by atoms with Gasteiger partial charge in [-0.15, -0.1) is 11.6 Å². The minimum Gasteiger partial charge on any atom is -0.352 e. The second-order valence-electron chi connectivity index (χ2n) is 8.89. The van der Waals surface area contributed by atoms with Gasteiger partial charge in [0.2, 0.25) is 5.91 Å². The van der Waals surface area contributed by atoms with E-state index in [4.69, 9.17) is 11.6 Å². The smallest absolute Gasteiger partial charge is 0.255 e. The van der Waals surface area contributed by atoms with Gasteiger partial charge in [-0.05, 0) is 37.3 Å². The molecule has 2 aromatic rings. The first-order chi connectivity index (χ1) is 15.3. The third kappa shape index (κ3) is 5.97. The Morgan fingerprint density at radius 2 is 2.00 bits per heavy atom. The third-order valence-electron chi connectivity index (χ3n) is 5.88. The SMILES string of the molecule is CC(C)C[C@H](CC(=O)c1cc2ccccc2[nH]1)C(=O)NN(C[C@H]1CCCC1=O)C(=O)CCl. The van der Waals surface area contributed by atoms with Crippen molar-refractivity contribution in [2.45, 2.75) is 46.0 Å². The Kier molecular flexibility index (Phi) is 8.07. The van der Waals surface area contributed by atoms with Crippen LogP contribution in [0.2, 0.25) is 0 Å². The molecule has 1 aliphatic carbocycles. The number of amides is 2. The summed E-state index contributed by atoms with van der Waals surface area (Å²) >= 11 is 5.73. The number of hydrazine groups is 1. The lowest BCUT2D eigenvalue weighted by Gasteiger charge is -2.27. The number of fused-ring (bicyclic) bond motifs is 1. The van der Waals surface area contributed by atoms with Crippen molar-refractivity contribution in [1.82, 2.24) is 15.4 Å². The molecule has 0 spiro atoms. The van der Waals surface area contributed by atoms with Crippen LogP contribution in [0.5, 0.6) is 0 Å². The molecule has 2 atom stereocenters. The van der Waals surface area contributed by atoms with Crippen LogP contribution in [0, 0.1) is 17.8 Å². The number of carbonyl (C=O) groups excluding carboxylic acids is 4. The molecule has 0 radical (unpaired) electrons. The van der Waals surface area contributed by atoms with Gasteiger partial charge in [0.1, 0.15) is 11.7 Å². The molecule has 1 aromatic heterocycles. The highest BCUT2D eigenvalue weighted by Gasteiger charge is 2.31. The second kappa shape index (κ2) is 10.8. The zero-order chi connectivity index (χ0) is 23.3. The number of para-hydroxylation sites is 1. The number of rotatable bonds is 9. The van der Waals surface area contributed by atoms with Gasteiger partial charge in [0.05, 0.1) is 12.2 Å². The minimum absolute atomic E-state index is 0.0160.